The molecule has 3 heteroatoms. The minimum atomic E-state index is 0.217. The van der Waals surface area contributed by atoms with Gasteiger partial charge in [-0.05, 0) is 17.9 Å². The SMILES string of the molecule is CC(CO)Cc1cncnc1. The third-order valence-corrected chi connectivity index (χ3v) is 1.51. The van der Waals surface area contributed by atoms with E-state index < -0.39 is 0 Å². The summed E-state index contributed by atoms with van der Waals surface area (Å²) in [6, 6.07) is 0. The third kappa shape index (κ3) is 2.63. The van der Waals surface area contributed by atoms with Crippen molar-refractivity contribution in [3.63, 3.8) is 0 Å². The first-order valence-electron chi connectivity index (χ1n) is 3.67. The summed E-state index contributed by atoms with van der Waals surface area (Å²) < 4.78 is 0. The standard InChI is InChI=1S/C8H12N2O/c1-7(5-11)2-8-3-9-6-10-4-8/h3-4,6-7,11H,2,5H2,1H3. The fraction of sp³-hybridized carbons (Fsp3) is 0.500. The smallest absolute Gasteiger partial charge is 0.115 e. The Bertz CT molecular complexity index is 201. The van der Waals surface area contributed by atoms with E-state index in [0.29, 0.717) is 5.92 Å². The molecule has 1 aromatic rings. The van der Waals surface area contributed by atoms with Crippen LogP contribution in [0.25, 0.3) is 0 Å². The highest BCUT2D eigenvalue weighted by molar-refractivity contribution is 5.02. The van der Waals surface area contributed by atoms with Crippen molar-refractivity contribution in [2.45, 2.75) is 13.3 Å². The molecule has 0 aliphatic carbocycles. The van der Waals surface area contributed by atoms with Crippen molar-refractivity contribution < 1.29 is 5.11 Å². The van der Waals surface area contributed by atoms with Gasteiger partial charge in [0.05, 0.1) is 0 Å². The topological polar surface area (TPSA) is 46.0 Å². The van der Waals surface area contributed by atoms with Crippen molar-refractivity contribution in [2.75, 3.05) is 6.61 Å². The van der Waals surface area contributed by atoms with Gasteiger partial charge in [-0.2, -0.15) is 0 Å². The van der Waals surface area contributed by atoms with E-state index in [1.807, 2.05) is 6.92 Å². The summed E-state index contributed by atoms with van der Waals surface area (Å²) >= 11 is 0. The van der Waals surface area contributed by atoms with Gasteiger partial charge in [-0.1, -0.05) is 6.92 Å². The number of aliphatic hydroxyl groups is 1. The number of aliphatic hydroxyl groups excluding tert-OH is 1. The Morgan fingerprint density at radius 1 is 1.45 bits per heavy atom. The van der Waals surface area contributed by atoms with E-state index in [1.54, 1.807) is 12.4 Å². The Kier molecular flexibility index (Phi) is 2.98. The van der Waals surface area contributed by atoms with E-state index in [9.17, 15) is 0 Å². The van der Waals surface area contributed by atoms with Crippen LogP contribution in [0.1, 0.15) is 12.5 Å². The van der Waals surface area contributed by atoms with Gasteiger partial charge >= 0.3 is 0 Å². The minimum absolute atomic E-state index is 0.217. The Morgan fingerprint density at radius 3 is 2.64 bits per heavy atom. The van der Waals surface area contributed by atoms with Crippen LogP contribution in [0, 0.1) is 5.92 Å². The first-order valence-corrected chi connectivity index (χ1v) is 3.67. The highest BCUT2D eigenvalue weighted by atomic mass is 16.3. The lowest BCUT2D eigenvalue weighted by Gasteiger charge is -2.05. The Morgan fingerprint density at radius 2 is 2.09 bits per heavy atom. The molecule has 1 unspecified atom stereocenters. The summed E-state index contributed by atoms with van der Waals surface area (Å²) in [5.41, 5.74) is 1.08. The van der Waals surface area contributed by atoms with Crippen LogP contribution in [-0.4, -0.2) is 21.7 Å². The van der Waals surface area contributed by atoms with Crippen LogP contribution in [0.4, 0.5) is 0 Å². The van der Waals surface area contributed by atoms with E-state index >= 15 is 0 Å². The van der Waals surface area contributed by atoms with Crippen molar-refractivity contribution in [1.29, 1.82) is 0 Å². The summed E-state index contributed by atoms with van der Waals surface area (Å²) in [5.74, 6) is 0.293. The molecule has 0 amide bonds. The van der Waals surface area contributed by atoms with Crippen LogP contribution < -0.4 is 0 Å². The van der Waals surface area contributed by atoms with Crippen LogP contribution in [0.2, 0.25) is 0 Å². The quantitative estimate of drug-likeness (QED) is 0.691. The largest absolute Gasteiger partial charge is 0.396 e. The van der Waals surface area contributed by atoms with Crippen LogP contribution in [-0.2, 0) is 6.42 Å². The zero-order chi connectivity index (χ0) is 8.10. The minimum Gasteiger partial charge on any atom is -0.396 e. The van der Waals surface area contributed by atoms with Crippen molar-refractivity contribution >= 4 is 0 Å². The van der Waals surface area contributed by atoms with Crippen LogP contribution in [0.15, 0.2) is 18.7 Å². The molecule has 11 heavy (non-hydrogen) atoms. The van der Waals surface area contributed by atoms with Gasteiger partial charge in [0.15, 0.2) is 0 Å². The summed E-state index contributed by atoms with van der Waals surface area (Å²) in [4.78, 5) is 7.76. The van der Waals surface area contributed by atoms with Crippen molar-refractivity contribution in [3.8, 4) is 0 Å². The predicted octanol–water partition coefficient (Wildman–Crippen LogP) is 0.647. The highest BCUT2D eigenvalue weighted by Crippen LogP contribution is 2.03. The number of hydrogen-bond acceptors (Lipinski definition) is 3. The Balaban J connectivity index is 2.51. The zero-order valence-corrected chi connectivity index (χ0v) is 6.57. The molecule has 0 spiro atoms. The van der Waals surface area contributed by atoms with Gasteiger partial charge in [0.2, 0.25) is 0 Å². The van der Waals surface area contributed by atoms with Crippen molar-refractivity contribution in [1.82, 2.24) is 9.97 Å². The summed E-state index contributed by atoms with van der Waals surface area (Å²) in [6.45, 7) is 2.21. The summed E-state index contributed by atoms with van der Waals surface area (Å²) in [6.07, 6.45) is 5.91. The molecule has 1 aromatic heterocycles. The summed E-state index contributed by atoms with van der Waals surface area (Å²) in [5, 5.41) is 8.76. The van der Waals surface area contributed by atoms with Gasteiger partial charge in [-0.3, -0.25) is 0 Å². The monoisotopic (exact) mass is 152 g/mol. The van der Waals surface area contributed by atoms with Gasteiger partial charge in [0.25, 0.3) is 0 Å². The fourth-order valence-corrected chi connectivity index (χ4v) is 0.902. The molecule has 0 aliphatic rings. The molecule has 0 bridgehead atoms. The maximum absolute atomic E-state index is 8.76. The van der Waals surface area contributed by atoms with Gasteiger partial charge in [-0.15, -0.1) is 0 Å². The van der Waals surface area contributed by atoms with Gasteiger partial charge in [0.1, 0.15) is 6.33 Å². The summed E-state index contributed by atoms with van der Waals surface area (Å²) in [7, 11) is 0. The van der Waals surface area contributed by atoms with Gasteiger partial charge in [0, 0.05) is 19.0 Å². The molecule has 0 radical (unpaired) electrons. The van der Waals surface area contributed by atoms with Crippen molar-refractivity contribution in [2.24, 2.45) is 5.92 Å². The predicted molar refractivity (Wildman–Crippen MR) is 42.0 cm³/mol. The Hall–Kier alpha value is -0.960. The average molecular weight is 152 g/mol. The second kappa shape index (κ2) is 4.03. The van der Waals surface area contributed by atoms with E-state index in [1.165, 1.54) is 6.33 Å². The van der Waals surface area contributed by atoms with Crippen LogP contribution in [0.3, 0.4) is 0 Å². The second-order valence-corrected chi connectivity index (χ2v) is 2.74. The average Bonchev–Trinajstić information content (AvgIpc) is 2.06. The molecule has 0 saturated carbocycles. The third-order valence-electron chi connectivity index (χ3n) is 1.51. The molecular formula is C8H12N2O. The number of hydrogen-bond donors (Lipinski definition) is 1. The normalized spacial score (nSPS) is 12.9. The lowest BCUT2D eigenvalue weighted by molar-refractivity contribution is 0.237. The molecule has 1 atom stereocenters. The molecule has 1 heterocycles. The lowest BCUT2D eigenvalue weighted by atomic mass is 10.1. The van der Waals surface area contributed by atoms with E-state index in [2.05, 4.69) is 9.97 Å². The Labute approximate surface area is 66.1 Å². The van der Waals surface area contributed by atoms with E-state index in [4.69, 9.17) is 5.11 Å². The number of rotatable bonds is 3. The molecule has 0 fully saturated rings. The first-order chi connectivity index (χ1) is 5.33. The van der Waals surface area contributed by atoms with Gasteiger partial charge < -0.3 is 5.11 Å². The number of aromatic nitrogens is 2. The fourth-order valence-electron chi connectivity index (χ4n) is 0.902. The zero-order valence-electron chi connectivity index (χ0n) is 6.57. The van der Waals surface area contributed by atoms with Crippen molar-refractivity contribution in [3.05, 3.63) is 24.3 Å². The molecule has 0 saturated heterocycles. The maximum atomic E-state index is 8.76. The lowest BCUT2D eigenvalue weighted by Crippen LogP contribution is -2.04. The second-order valence-electron chi connectivity index (χ2n) is 2.74. The molecule has 1 N–H and O–H groups in total. The highest BCUT2D eigenvalue weighted by Gasteiger charge is 2.00. The maximum Gasteiger partial charge on any atom is 0.115 e. The molecule has 3 nitrogen and oxygen atoms in total. The molecule has 1 rings (SSSR count). The molecule has 0 aromatic carbocycles. The van der Waals surface area contributed by atoms with Gasteiger partial charge in [-0.25, -0.2) is 9.97 Å². The van der Waals surface area contributed by atoms with Crippen LogP contribution >= 0.6 is 0 Å². The van der Waals surface area contributed by atoms with E-state index in [0.717, 1.165) is 12.0 Å². The van der Waals surface area contributed by atoms with Crippen LogP contribution in [0.5, 0.6) is 0 Å². The van der Waals surface area contributed by atoms with E-state index in [-0.39, 0.29) is 6.61 Å². The molecular weight excluding hydrogens is 140 g/mol. The molecule has 0 aliphatic heterocycles. The first kappa shape index (κ1) is 8.14. The number of nitrogens with zero attached hydrogens (tertiary/aromatic N) is 2. The molecule has 60 valence electrons.